The minimum Gasteiger partial charge on any atom is -0.366 e. The van der Waals surface area contributed by atoms with E-state index in [4.69, 9.17) is 0 Å². The van der Waals surface area contributed by atoms with Gasteiger partial charge >= 0.3 is 0 Å². The van der Waals surface area contributed by atoms with Gasteiger partial charge in [-0.25, -0.2) is 8.42 Å². The van der Waals surface area contributed by atoms with Gasteiger partial charge in [0.25, 0.3) is 0 Å². The highest BCUT2D eigenvalue weighted by Crippen LogP contribution is 2.20. The van der Waals surface area contributed by atoms with Crippen molar-refractivity contribution in [1.82, 2.24) is 10.2 Å². The van der Waals surface area contributed by atoms with Gasteiger partial charge in [-0.1, -0.05) is 25.7 Å². The molecule has 2 rings (SSSR count). The Labute approximate surface area is 114 Å². The number of hydrogen-bond acceptors (Lipinski definition) is 5. The van der Waals surface area contributed by atoms with Crippen molar-refractivity contribution >= 4 is 21.7 Å². The van der Waals surface area contributed by atoms with E-state index in [1.807, 2.05) is 0 Å². The summed E-state index contributed by atoms with van der Waals surface area (Å²) < 4.78 is 24.4. The molecule has 1 aliphatic carbocycles. The summed E-state index contributed by atoms with van der Waals surface area (Å²) in [5.74, 6) is 0.944. The smallest absolute Gasteiger partial charge is 0.231 e. The molecule has 7 heteroatoms. The Hall–Kier alpha value is -1.37. The molecule has 106 valence electrons. The number of aromatic nitrogens is 2. The zero-order valence-corrected chi connectivity index (χ0v) is 11.9. The molecule has 1 fully saturated rings. The molecule has 1 aromatic rings. The Morgan fingerprint density at radius 1 is 1.05 bits per heavy atom. The monoisotopic (exact) mass is 284 g/mol. The Morgan fingerprint density at radius 2 is 1.63 bits per heavy atom. The van der Waals surface area contributed by atoms with Gasteiger partial charge in [0.15, 0.2) is 5.82 Å². The molecule has 0 bridgehead atoms. The Balaban J connectivity index is 1.94. The third kappa shape index (κ3) is 5.02. The van der Waals surface area contributed by atoms with Crippen molar-refractivity contribution in [3.63, 3.8) is 0 Å². The normalized spacial score (nSPS) is 17.7. The third-order valence-corrected chi connectivity index (χ3v) is 3.74. The maximum absolute atomic E-state index is 11.0. The molecule has 0 amide bonds. The predicted molar refractivity (Wildman–Crippen MR) is 75.6 cm³/mol. The number of hydrogen-bond donors (Lipinski definition) is 2. The second-order valence-corrected chi connectivity index (χ2v) is 6.76. The number of anilines is 2. The maximum Gasteiger partial charge on any atom is 0.231 e. The van der Waals surface area contributed by atoms with Crippen molar-refractivity contribution in [2.24, 2.45) is 0 Å². The molecule has 6 nitrogen and oxygen atoms in total. The van der Waals surface area contributed by atoms with Gasteiger partial charge in [0, 0.05) is 6.04 Å². The SMILES string of the molecule is CS(=O)(=O)Nc1ccc(NC2CCCCCC2)nn1. The van der Waals surface area contributed by atoms with Crippen LogP contribution in [0.25, 0.3) is 0 Å². The summed E-state index contributed by atoms with van der Waals surface area (Å²) in [5.41, 5.74) is 0. The van der Waals surface area contributed by atoms with Gasteiger partial charge in [-0.2, -0.15) is 0 Å². The molecule has 1 aliphatic rings. The molecular weight excluding hydrogens is 264 g/mol. The fraction of sp³-hybridized carbons (Fsp3) is 0.667. The lowest BCUT2D eigenvalue weighted by Gasteiger charge is -2.16. The van der Waals surface area contributed by atoms with Crippen LogP contribution in [0.1, 0.15) is 38.5 Å². The highest BCUT2D eigenvalue weighted by atomic mass is 32.2. The van der Waals surface area contributed by atoms with Crippen LogP contribution in [0.2, 0.25) is 0 Å². The molecule has 0 aromatic carbocycles. The van der Waals surface area contributed by atoms with E-state index in [2.05, 4.69) is 20.2 Å². The molecule has 19 heavy (non-hydrogen) atoms. The molecule has 1 aromatic heterocycles. The van der Waals surface area contributed by atoms with Crippen molar-refractivity contribution in [2.75, 3.05) is 16.3 Å². The minimum absolute atomic E-state index is 0.244. The Kier molecular flexibility index (Phi) is 4.57. The average Bonchev–Trinajstić information content (AvgIpc) is 2.58. The highest BCUT2D eigenvalue weighted by Gasteiger charge is 2.12. The maximum atomic E-state index is 11.0. The van der Waals surface area contributed by atoms with E-state index in [0.29, 0.717) is 11.9 Å². The molecule has 0 aliphatic heterocycles. The largest absolute Gasteiger partial charge is 0.366 e. The van der Waals surface area contributed by atoms with E-state index in [-0.39, 0.29) is 5.82 Å². The topological polar surface area (TPSA) is 84.0 Å². The van der Waals surface area contributed by atoms with Gasteiger partial charge < -0.3 is 5.32 Å². The van der Waals surface area contributed by atoms with Crippen molar-refractivity contribution in [1.29, 1.82) is 0 Å². The zero-order valence-electron chi connectivity index (χ0n) is 11.1. The number of nitrogens with zero attached hydrogens (tertiary/aromatic N) is 2. The summed E-state index contributed by atoms with van der Waals surface area (Å²) >= 11 is 0. The molecule has 1 saturated carbocycles. The van der Waals surface area contributed by atoms with Gasteiger partial charge in [-0.05, 0) is 25.0 Å². The van der Waals surface area contributed by atoms with Gasteiger partial charge in [0.1, 0.15) is 5.82 Å². The second-order valence-electron chi connectivity index (χ2n) is 5.01. The molecule has 0 spiro atoms. The van der Waals surface area contributed by atoms with Crippen molar-refractivity contribution < 1.29 is 8.42 Å². The first kappa shape index (κ1) is 14.0. The van der Waals surface area contributed by atoms with E-state index in [0.717, 1.165) is 19.1 Å². The van der Waals surface area contributed by atoms with Crippen LogP contribution < -0.4 is 10.0 Å². The number of sulfonamides is 1. The zero-order chi connectivity index (χ0) is 13.7. The molecule has 0 radical (unpaired) electrons. The lowest BCUT2D eigenvalue weighted by molar-refractivity contribution is 0.606. The molecule has 0 atom stereocenters. The van der Waals surface area contributed by atoms with Crippen LogP contribution in [-0.4, -0.2) is 30.9 Å². The van der Waals surface area contributed by atoms with Crippen LogP contribution in [0.4, 0.5) is 11.6 Å². The standard InChI is InChI=1S/C12H20N4O2S/c1-19(17,18)16-12-9-8-11(14-15-12)13-10-6-4-2-3-5-7-10/h8-10H,2-7H2,1H3,(H,13,14)(H,15,16). The third-order valence-electron chi connectivity index (χ3n) is 3.16. The van der Waals surface area contributed by atoms with Crippen molar-refractivity contribution in [2.45, 2.75) is 44.6 Å². The minimum atomic E-state index is -3.29. The van der Waals surface area contributed by atoms with Crippen LogP contribution in [0, 0.1) is 0 Å². The van der Waals surface area contributed by atoms with E-state index < -0.39 is 10.0 Å². The van der Waals surface area contributed by atoms with E-state index in [1.54, 1.807) is 12.1 Å². The Morgan fingerprint density at radius 3 is 2.16 bits per heavy atom. The molecule has 0 saturated heterocycles. The number of rotatable bonds is 4. The van der Waals surface area contributed by atoms with Crippen molar-refractivity contribution in [3.05, 3.63) is 12.1 Å². The summed E-state index contributed by atoms with van der Waals surface area (Å²) in [6.45, 7) is 0. The predicted octanol–water partition coefficient (Wildman–Crippen LogP) is 1.98. The molecule has 2 N–H and O–H groups in total. The first-order valence-electron chi connectivity index (χ1n) is 6.61. The van der Waals surface area contributed by atoms with Gasteiger partial charge in [-0.3, -0.25) is 4.72 Å². The van der Waals surface area contributed by atoms with Gasteiger partial charge in [0.05, 0.1) is 6.26 Å². The fourth-order valence-electron chi connectivity index (χ4n) is 2.29. The fourth-order valence-corrected chi connectivity index (χ4v) is 2.78. The van der Waals surface area contributed by atoms with Crippen LogP contribution in [-0.2, 0) is 10.0 Å². The second kappa shape index (κ2) is 6.18. The van der Waals surface area contributed by atoms with E-state index >= 15 is 0 Å². The summed E-state index contributed by atoms with van der Waals surface area (Å²) in [4.78, 5) is 0. The van der Waals surface area contributed by atoms with Crippen LogP contribution >= 0.6 is 0 Å². The summed E-state index contributed by atoms with van der Waals surface area (Å²) in [6.07, 6.45) is 8.52. The van der Waals surface area contributed by atoms with Crippen LogP contribution in [0.3, 0.4) is 0 Å². The number of nitrogens with one attached hydrogen (secondary N) is 2. The van der Waals surface area contributed by atoms with Crippen LogP contribution in [0.15, 0.2) is 12.1 Å². The van der Waals surface area contributed by atoms with Crippen LogP contribution in [0.5, 0.6) is 0 Å². The van der Waals surface area contributed by atoms with E-state index in [9.17, 15) is 8.42 Å². The van der Waals surface area contributed by atoms with E-state index in [1.165, 1.54) is 25.7 Å². The van der Waals surface area contributed by atoms with Crippen molar-refractivity contribution in [3.8, 4) is 0 Å². The lowest BCUT2D eigenvalue weighted by atomic mass is 10.1. The highest BCUT2D eigenvalue weighted by molar-refractivity contribution is 7.92. The summed E-state index contributed by atoms with van der Waals surface area (Å²) in [5, 5.41) is 11.2. The first-order chi connectivity index (χ1) is 9.03. The first-order valence-corrected chi connectivity index (χ1v) is 8.50. The Bertz CT molecular complexity index is 493. The summed E-state index contributed by atoms with van der Waals surface area (Å²) in [7, 11) is -3.29. The van der Waals surface area contributed by atoms with Gasteiger partial charge in [-0.15, -0.1) is 10.2 Å². The molecular formula is C12H20N4O2S. The molecule has 1 heterocycles. The average molecular weight is 284 g/mol. The van der Waals surface area contributed by atoms with Gasteiger partial charge in [0.2, 0.25) is 10.0 Å². The molecule has 0 unspecified atom stereocenters. The summed E-state index contributed by atoms with van der Waals surface area (Å²) in [6, 6.07) is 3.82. The quantitative estimate of drug-likeness (QED) is 0.826. The lowest BCUT2D eigenvalue weighted by Crippen LogP contribution is -2.19.